The molecule has 0 atom stereocenters. The molecular formula is C17H23N7. The smallest absolute Gasteiger partial charge is 0.147 e. The maximum absolute atomic E-state index is 4.67. The molecule has 24 heavy (non-hydrogen) atoms. The molecule has 2 fully saturated rings. The summed E-state index contributed by atoms with van der Waals surface area (Å²) < 4.78 is 0. The predicted octanol–water partition coefficient (Wildman–Crippen LogP) is 1.50. The van der Waals surface area contributed by atoms with E-state index in [1.165, 1.54) is 12.8 Å². The quantitative estimate of drug-likeness (QED) is 0.847. The molecule has 0 aromatic carbocycles. The van der Waals surface area contributed by atoms with Gasteiger partial charge in [-0.2, -0.15) is 0 Å². The molecule has 2 aliphatic heterocycles. The molecule has 2 saturated heterocycles. The third kappa shape index (κ3) is 3.11. The number of hydrogen-bond acceptors (Lipinski definition) is 7. The molecule has 0 radical (unpaired) electrons. The highest BCUT2D eigenvalue weighted by Gasteiger charge is 2.21. The molecule has 2 aromatic heterocycles. The molecule has 2 aromatic rings. The molecule has 2 aliphatic rings. The Morgan fingerprint density at radius 1 is 0.750 bits per heavy atom. The molecule has 4 heterocycles. The molecule has 0 N–H and O–H groups in total. The number of hydrogen-bond donors (Lipinski definition) is 0. The lowest BCUT2D eigenvalue weighted by atomic mass is 10.3. The minimum absolute atomic E-state index is 0.853. The van der Waals surface area contributed by atoms with Crippen LogP contribution in [0.25, 0.3) is 0 Å². The summed E-state index contributed by atoms with van der Waals surface area (Å²) in [5.41, 5.74) is 0. The average molecular weight is 325 g/mol. The van der Waals surface area contributed by atoms with Crippen molar-refractivity contribution in [1.82, 2.24) is 19.9 Å². The van der Waals surface area contributed by atoms with Gasteiger partial charge in [0, 0.05) is 57.7 Å². The van der Waals surface area contributed by atoms with Gasteiger partial charge in [-0.1, -0.05) is 0 Å². The van der Waals surface area contributed by atoms with Gasteiger partial charge in [-0.25, -0.2) is 15.0 Å². The summed E-state index contributed by atoms with van der Waals surface area (Å²) in [4.78, 5) is 24.8. The molecule has 0 amide bonds. The zero-order valence-corrected chi connectivity index (χ0v) is 14.1. The highest BCUT2D eigenvalue weighted by Crippen LogP contribution is 2.24. The van der Waals surface area contributed by atoms with Crippen LogP contribution in [0.5, 0.6) is 0 Å². The highest BCUT2D eigenvalue weighted by atomic mass is 15.3. The third-order valence-electron chi connectivity index (χ3n) is 4.72. The Kier molecular flexibility index (Phi) is 4.15. The van der Waals surface area contributed by atoms with Crippen molar-refractivity contribution in [3.8, 4) is 0 Å². The maximum atomic E-state index is 4.67. The van der Waals surface area contributed by atoms with Crippen molar-refractivity contribution in [3.05, 3.63) is 30.5 Å². The van der Waals surface area contributed by atoms with Gasteiger partial charge in [0.05, 0.1) is 6.20 Å². The van der Waals surface area contributed by atoms with E-state index in [0.717, 1.165) is 62.5 Å². The summed E-state index contributed by atoms with van der Waals surface area (Å²) in [7, 11) is 0. The normalized spacial score (nSPS) is 18.3. The van der Waals surface area contributed by atoms with Gasteiger partial charge in [0.1, 0.15) is 23.3 Å². The van der Waals surface area contributed by atoms with Crippen LogP contribution in [0.2, 0.25) is 0 Å². The van der Waals surface area contributed by atoms with E-state index in [9.17, 15) is 0 Å². The first kappa shape index (κ1) is 15.1. The summed E-state index contributed by atoms with van der Waals surface area (Å²) in [6.45, 7) is 7.94. The number of aryl methyl sites for hydroxylation is 1. The number of piperazine rings is 1. The average Bonchev–Trinajstić information content (AvgIpc) is 3.17. The zero-order valence-electron chi connectivity index (χ0n) is 14.1. The summed E-state index contributed by atoms with van der Waals surface area (Å²) >= 11 is 0. The van der Waals surface area contributed by atoms with Gasteiger partial charge in [0.2, 0.25) is 0 Å². The van der Waals surface area contributed by atoms with Gasteiger partial charge >= 0.3 is 0 Å². The second-order valence-corrected chi connectivity index (χ2v) is 6.36. The van der Waals surface area contributed by atoms with E-state index in [1.54, 1.807) is 12.4 Å². The lowest BCUT2D eigenvalue weighted by Gasteiger charge is -2.36. The van der Waals surface area contributed by atoms with Crippen molar-refractivity contribution in [2.75, 3.05) is 54.0 Å². The number of nitrogens with zero attached hydrogens (tertiary/aromatic N) is 7. The van der Waals surface area contributed by atoms with E-state index in [-0.39, 0.29) is 0 Å². The fraction of sp³-hybridized carbons (Fsp3) is 0.529. The Balaban J connectivity index is 1.47. The molecule has 0 bridgehead atoms. The van der Waals surface area contributed by atoms with E-state index in [0.29, 0.717) is 0 Å². The first-order valence-electron chi connectivity index (χ1n) is 8.66. The van der Waals surface area contributed by atoms with Crippen LogP contribution in [0.1, 0.15) is 18.7 Å². The lowest BCUT2D eigenvalue weighted by molar-refractivity contribution is 0.638. The largest absolute Gasteiger partial charge is 0.356 e. The number of anilines is 3. The van der Waals surface area contributed by atoms with Crippen molar-refractivity contribution in [2.24, 2.45) is 0 Å². The standard InChI is InChI=1S/C17H23N7/c1-14-20-15(22-6-2-3-7-22)12-16(21-14)23-8-10-24(11-9-23)17-13-18-4-5-19-17/h4-5,12-13H,2-3,6-11H2,1H3. The highest BCUT2D eigenvalue weighted by molar-refractivity contribution is 5.52. The van der Waals surface area contributed by atoms with Crippen LogP contribution in [-0.4, -0.2) is 59.2 Å². The van der Waals surface area contributed by atoms with Gasteiger partial charge in [-0.05, 0) is 19.8 Å². The van der Waals surface area contributed by atoms with E-state index in [4.69, 9.17) is 0 Å². The van der Waals surface area contributed by atoms with Crippen molar-refractivity contribution in [2.45, 2.75) is 19.8 Å². The molecular weight excluding hydrogens is 302 g/mol. The Labute approximate surface area is 142 Å². The predicted molar refractivity (Wildman–Crippen MR) is 94.7 cm³/mol. The molecule has 4 rings (SSSR count). The van der Waals surface area contributed by atoms with Gasteiger partial charge in [-0.3, -0.25) is 4.98 Å². The summed E-state index contributed by atoms with van der Waals surface area (Å²) in [6.07, 6.45) is 7.81. The lowest BCUT2D eigenvalue weighted by Crippen LogP contribution is -2.47. The van der Waals surface area contributed by atoms with Crippen LogP contribution >= 0.6 is 0 Å². The van der Waals surface area contributed by atoms with Crippen LogP contribution in [0.3, 0.4) is 0 Å². The van der Waals surface area contributed by atoms with Crippen LogP contribution in [0.15, 0.2) is 24.7 Å². The molecule has 0 saturated carbocycles. The molecule has 0 spiro atoms. The maximum Gasteiger partial charge on any atom is 0.147 e. The van der Waals surface area contributed by atoms with Crippen molar-refractivity contribution >= 4 is 17.5 Å². The second-order valence-electron chi connectivity index (χ2n) is 6.36. The first-order valence-corrected chi connectivity index (χ1v) is 8.66. The van der Waals surface area contributed by atoms with Crippen LogP contribution in [-0.2, 0) is 0 Å². The minimum Gasteiger partial charge on any atom is -0.356 e. The van der Waals surface area contributed by atoms with Crippen molar-refractivity contribution in [3.63, 3.8) is 0 Å². The first-order chi connectivity index (χ1) is 11.8. The van der Waals surface area contributed by atoms with Gasteiger partial charge < -0.3 is 14.7 Å². The second kappa shape index (κ2) is 6.59. The number of rotatable bonds is 3. The summed E-state index contributed by atoms with van der Waals surface area (Å²) in [6, 6.07) is 2.15. The zero-order chi connectivity index (χ0) is 16.4. The van der Waals surface area contributed by atoms with Crippen LogP contribution in [0, 0.1) is 6.92 Å². The monoisotopic (exact) mass is 325 g/mol. The van der Waals surface area contributed by atoms with Gasteiger partial charge in [0.15, 0.2) is 0 Å². The van der Waals surface area contributed by atoms with Crippen LogP contribution < -0.4 is 14.7 Å². The van der Waals surface area contributed by atoms with Gasteiger partial charge in [0.25, 0.3) is 0 Å². The molecule has 7 nitrogen and oxygen atoms in total. The van der Waals surface area contributed by atoms with Crippen molar-refractivity contribution < 1.29 is 0 Å². The third-order valence-corrected chi connectivity index (χ3v) is 4.72. The minimum atomic E-state index is 0.853. The van der Waals surface area contributed by atoms with Crippen molar-refractivity contribution in [1.29, 1.82) is 0 Å². The molecule has 0 aliphatic carbocycles. The topological polar surface area (TPSA) is 61.3 Å². The molecule has 126 valence electrons. The van der Waals surface area contributed by atoms with E-state index in [1.807, 2.05) is 13.1 Å². The molecule has 0 unspecified atom stereocenters. The summed E-state index contributed by atoms with van der Waals surface area (Å²) in [5, 5.41) is 0. The fourth-order valence-corrected chi connectivity index (χ4v) is 3.43. The summed E-state index contributed by atoms with van der Waals surface area (Å²) in [5.74, 6) is 3.93. The Bertz CT molecular complexity index is 677. The number of aromatic nitrogens is 4. The Morgan fingerprint density at radius 3 is 1.92 bits per heavy atom. The fourth-order valence-electron chi connectivity index (χ4n) is 3.43. The van der Waals surface area contributed by atoms with Gasteiger partial charge in [-0.15, -0.1) is 0 Å². The van der Waals surface area contributed by atoms with E-state index >= 15 is 0 Å². The van der Waals surface area contributed by atoms with E-state index < -0.39 is 0 Å². The SMILES string of the molecule is Cc1nc(N2CCCC2)cc(N2CCN(c3cnccn3)CC2)n1. The van der Waals surface area contributed by atoms with Crippen LogP contribution in [0.4, 0.5) is 17.5 Å². The Morgan fingerprint density at radius 2 is 1.33 bits per heavy atom. The Hall–Kier alpha value is -2.44. The van der Waals surface area contributed by atoms with E-state index in [2.05, 4.69) is 40.7 Å². The molecule has 7 heteroatoms.